The highest BCUT2D eigenvalue weighted by Crippen LogP contribution is 2.55. The molecule has 3 atom stereocenters. The average molecular weight is 421 g/mol. The Labute approximate surface area is 177 Å². The first kappa shape index (κ1) is 26.8. The molecule has 0 aromatic carbocycles. The largest absolute Gasteiger partial charge is 0.349 e. The van der Waals surface area contributed by atoms with Crippen LogP contribution in [0.25, 0.3) is 0 Å². The number of unbranched alkanes of at least 4 members (excludes halogenated alkanes) is 1. The van der Waals surface area contributed by atoms with Crippen LogP contribution in [0, 0.1) is 0 Å². The van der Waals surface area contributed by atoms with Gasteiger partial charge in [-0.05, 0) is 54.4 Å². The second-order valence-corrected chi connectivity index (χ2v) is 8.76. The molecule has 0 saturated heterocycles. The lowest BCUT2D eigenvalue weighted by Crippen LogP contribution is -2.69. The van der Waals surface area contributed by atoms with E-state index in [9.17, 15) is 0 Å². The summed E-state index contributed by atoms with van der Waals surface area (Å²) in [4.78, 5) is 11.9. The van der Waals surface area contributed by atoms with Crippen molar-refractivity contribution in [2.45, 2.75) is 117 Å². The fraction of sp³-hybridized carbons (Fsp3) is 1.00. The van der Waals surface area contributed by atoms with Crippen molar-refractivity contribution in [2.75, 3.05) is 26.9 Å². The summed E-state index contributed by atoms with van der Waals surface area (Å²) in [5.41, 5.74) is -0.542. The highest BCUT2D eigenvalue weighted by atomic mass is 17.2. The van der Waals surface area contributed by atoms with E-state index in [1.54, 1.807) is 7.11 Å². The number of hydrogen-bond donors (Lipinski definition) is 0. The van der Waals surface area contributed by atoms with E-state index in [-0.39, 0.29) is 6.10 Å². The molecule has 1 aliphatic carbocycles. The van der Waals surface area contributed by atoms with E-state index in [4.69, 9.17) is 33.5 Å². The van der Waals surface area contributed by atoms with Crippen molar-refractivity contribution in [3.8, 4) is 0 Å². The molecule has 0 bridgehead atoms. The van der Waals surface area contributed by atoms with E-state index in [1.807, 2.05) is 48.5 Å². The molecule has 0 heterocycles. The third kappa shape index (κ3) is 6.12. The fourth-order valence-corrected chi connectivity index (χ4v) is 3.52. The Morgan fingerprint density at radius 3 is 2.00 bits per heavy atom. The first-order valence-electron chi connectivity index (χ1n) is 11.1. The van der Waals surface area contributed by atoms with Crippen molar-refractivity contribution < 1.29 is 33.5 Å². The van der Waals surface area contributed by atoms with Crippen LogP contribution in [0.5, 0.6) is 0 Å². The summed E-state index contributed by atoms with van der Waals surface area (Å²) in [6.45, 7) is 17.1. The molecule has 0 amide bonds. The van der Waals surface area contributed by atoms with Crippen LogP contribution in [0.15, 0.2) is 0 Å². The zero-order valence-corrected chi connectivity index (χ0v) is 20.1. The number of rotatable bonds is 14. The van der Waals surface area contributed by atoms with E-state index in [2.05, 4.69) is 6.92 Å². The molecule has 1 rings (SSSR count). The Hall–Kier alpha value is -0.280. The van der Waals surface area contributed by atoms with E-state index in [1.165, 1.54) is 0 Å². The van der Waals surface area contributed by atoms with Gasteiger partial charge in [0.2, 0.25) is 5.79 Å². The first-order chi connectivity index (χ1) is 13.6. The van der Waals surface area contributed by atoms with Crippen LogP contribution >= 0.6 is 0 Å². The van der Waals surface area contributed by atoms with Crippen LogP contribution in [0.3, 0.4) is 0 Å². The Kier molecular flexibility index (Phi) is 10.5. The normalized spacial score (nSPS) is 30.4. The van der Waals surface area contributed by atoms with Crippen molar-refractivity contribution >= 4 is 0 Å². The minimum Gasteiger partial charge on any atom is -0.349 e. The summed E-state index contributed by atoms with van der Waals surface area (Å²) in [5, 5.41) is 0. The molecule has 0 N–H and O–H groups in total. The molecule has 0 aliphatic heterocycles. The minimum atomic E-state index is -1.45. The Morgan fingerprint density at radius 2 is 1.52 bits per heavy atom. The summed E-state index contributed by atoms with van der Waals surface area (Å²) in [6.07, 6.45) is 3.39. The van der Waals surface area contributed by atoms with Crippen molar-refractivity contribution in [2.24, 2.45) is 0 Å². The van der Waals surface area contributed by atoms with Crippen LogP contribution in [0.4, 0.5) is 0 Å². The number of ether oxygens (including phenoxy) is 5. The second-order valence-electron chi connectivity index (χ2n) is 8.76. The van der Waals surface area contributed by atoms with Gasteiger partial charge < -0.3 is 23.7 Å². The summed E-state index contributed by atoms with van der Waals surface area (Å²) in [6, 6.07) is 0. The Bertz CT molecular complexity index is 461. The molecule has 1 saturated carbocycles. The second kappa shape index (κ2) is 11.4. The van der Waals surface area contributed by atoms with Gasteiger partial charge >= 0.3 is 0 Å². The maximum Gasteiger partial charge on any atom is 0.283 e. The van der Waals surface area contributed by atoms with Crippen molar-refractivity contribution in [1.82, 2.24) is 0 Å². The molecule has 0 aromatic heterocycles. The van der Waals surface area contributed by atoms with Gasteiger partial charge in [-0.15, -0.1) is 0 Å². The molecule has 1 fully saturated rings. The van der Waals surface area contributed by atoms with Gasteiger partial charge in [-0.25, -0.2) is 4.89 Å². The molecule has 174 valence electrons. The SMILES string of the molecule is CCCCOC1(OOC(C)(C)C)CCC(OC)(OCC)C1(OCCC)OC(C)C. The van der Waals surface area contributed by atoms with Crippen molar-refractivity contribution in [3.63, 3.8) is 0 Å². The molecule has 0 spiro atoms. The highest BCUT2D eigenvalue weighted by molar-refractivity contribution is 5.08. The van der Waals surface area contributed by atoms with Gasteiger partial charge in [0.15, 0.2) is 0 Å². The molecular weight excluding hydrogens is 376 g/mol. The van der Waals surface area contributed by atoms with E-state index in [0.29, 0.717) is 32.7 Å². The predicted molar refractivity (Wildman–Crippen MR) is 111 cm³/mol. The smallest absolute Gasteiger partial charge is 0.283 e. The molecule has 7 heteroatoms. The molecule has 7 nitrogen and oxygen atoms in total. The van der Waals surface area contributed by atoms with Gasteiger partial charge in [0.25, 0.3) is 11.6 Å². The van der Waals surface area contributed by atoms with Crippen LogP contribution in [0.1, 0.15) is 87.5 Å². The molecule has 0 radical (unpaired) electrons. The molecule has 29 heavy (non-hydrogen) atoms. The topological polar surface area (TPSA) is 64.6 Å². The Morgan fingerprint density at radius 1 is 0.862 bits per heavy atom. The summed E-state index contributed by atoms with van der Waals surface area (Å²) in [7, 11) is 1.61. The van der Waals surface area contributed by atoms with Crippen LogP contribution in [-0.4, -0.2) is 56.0 Å². The predicted octanol–water partition coefficient (Wildman–Crippen LogP) is 4.97. The lowest BCUT2D eigenvalue weighted by molar-refractivity contribution is -0.543. The van der Waals surface area contributed by atoms with E-state index in [0.717, 1.165) is 19.3 Å². The van der Waals surface area contributed by atoms with Gasteiger partial charge in [-0.2, -0.15) is 4.89 Å². The lowest BCUT2D eigenvalue weighted by Gasteiger charge is -2.50. The third-order valence-corrected chi connectivity index (χ3v) is 4.66. The molecule has 1 aliphatic rings. The lowest BCUT2D eigenvalue weighted by atomic mass is 10.0. The van der Waals surface area contributed by atoms with E-state index >= 15 is 0 Å². The van der Waals surface area contributed by atoms with Gasteiger partial charge in [0.05, 0.1) is 24.9 Å². The molecule has 3 unspecified atom stereocenters. The van der Waals surface area contributed by atoms with Crippen molar-refractivity contribution in [1.29, 1.82) is 0 Å². The fourth-order valence-electron chi connectivity index (χ4n) is 3.52. The van der Waals surface area contributed by atoms with Crippen LogP contribution in [-0.2, 0) is 33.5 Å². The van der Waals surface area contributed by atoms with Gasteiger partial charge in [0, 0.05) is 26.6 Å². The quantitative estimate of drug-likeness (QED) is 0.170. The number of hydrogen-bond acceptors (Lipinski definition) is 7. The average Bonchev–Trinajstić information content (AvgIpc) is 2.89. The maximum atomic E-state index is 6.47. The van der Waals surface area contributed by atoms with Gasteiger partial charge in [0.1, 0.15) is 0 Å². The zero-order valence-electron chi connectivity index (χ0n) is 20.1. The van der Waals surface area contributed by atoms with Gasteiger partial charge in [-0.1, -0.05) is 20.3 Å². The van der Waals surface area contributed by atoms with Crippen molar-refractivity contribution in [3.05, 3.63) is 0 Å². The summed E-state index contributed by atoms with van der Waals surface area (Å²) >= 11 is 0. The van der Waals surface area contributed by atoms with Crippen LogP contribution in [0.2, 0.25) is 0 Å². The Balaban J connectivity index is 3.54. The summed E-state index contributed by atoms with van der Waals surface area (Å²) in [5.74, 6) is -3.97. The van der Waals surface area contributed by atoms with Gasteiger partial charge in [-0.3, -0.25) is 0 Å². The number of methoxy groups -OCH3 is 1. The molecule has 0 aromatic rings. The first-order valence-corrected chi connectivity index (χ1v) is 11.1. The third-order valence-electron chi connectivity index (χ3n) is 4.66. The standard InChI is InChI=1S/C22H44O7/c1-10-13-17-25-21(29-28-19(6,7)8)15-14-20(23-9,24-12-3)22(21,26-16-11-2)27-18(4)5/h18H,10-17H2,1-9H3. The minimum absolute atomic E-state index is 0.188. The highest BCUT2D eigenvalue weighted by Gasteiger charge is 2.76. The zero-order chi connectivity index (χ0) is 22.2. The summed E-state index contributed by atoms with van der Waals surface area (Å²) < 4.78 is 31.4. The maximum absolute atomic E-state index is 6.47. The molecular formula is C22H44O7. The van der Waals surface area contributed by atoms with E-state index < -0.39 is 23.0 Å². The monoisotopic (exact) mass is 420 g/mol. The van der Waals surface area contributed by atoms with Crippen LogP contribution < -0.4 is 0 Å².